The second-order valence-corrected chi connectivity index (χ2v) is 4.52. The minimum absolute atomic E-state index is 0.0164. The Balaban J connectivity index is 2.76. The number of rotatable bonds is 0. The summed E-state index contributed by atoms with van der Waals surface area (Å²) in [6.45, 7) is 6.35. The van der Waals surface area contributed by atoms with Gasteiger partial charge in [-0.05, 0) is 6.07 Å². The summed E-state index contributed by atoms with van der Waals surface area (Å²) >= 11 is 0. The maximum atomic E-state index is 9.57. The van der Waals surface area contributed by atoms with E-state index in [0.717, 1.165) is 11.1 Å². The molecule has 0 bridgehead atoms. The van der Waals surface area contributed by atoms with Crippen LogP contribution in [0.2, 0.25) is 0 Å². The highest BCUT2D eigenvalue weighted by Gasteiger charge is 2.20. The molecule has 0 aliphatic heterocycles. The van der Waals surface area contributed by atoms with Crippen molar-refractivity contribution >= 4 is 10.9 Å². The zero-order chi connectivity index (χ0) is 10.3. The van der Waals surface area contributed by atoms with Crippen LogP contribution < -0.4 is 0 Å². The molecule has 3 nitrogen and oxygen atoms in total. The average molecular weight is 190 g/mol. The lowest BCUT2D eigenvalue weighted by atomic mass is 9.90. The second kappa shape index (κ2) is 2.74. The summed E-state index contributed by atoms with van der Waals surface area (Å²) in [5.74, 6) is 0.231. The highest BCUT2D eigenvalue weighted by molar-refractivity contribution is 5.87. The topological polar surface area (TPSA) is 48.9 Å². The number of phenolic OH excluding ortho intramolecular Hbond substituents is 1. The number of nitrogens with zero attached hydrogens (tertiary/aromatic N) is 1. The van der Waals surface area contributed by atoms with E-state index >= 15 is 0 Å². The standard InChI is InChI=1S/C11H14N2O/c1-11(2,3)10-7-5-4-6-8(14)9(7)12-13-10/h4-6,14H,1-3H3,(H,12,13). The van der Waals surface area contributed by atoms with Gasteiger partial charge in [-0.15, -0.1) is 0 Å². The smallest absolute Gasteiger partial charge is 0.143 e. The molecule has 0 saturated heterocycles. The van der Waals surface area contributed by atoms with Crippen molar-refractivity contribution in [3.8, 4) is 5.75 Å². The summed E-state index contributed by atoms with van der Waals surface area (Å²) < 4.78 is 0. The molecule has 1 aromatic heterocycles. The van der Waals surface area contributed by atoms with E-state index in [1.807, 2.05) is 12.1 Å². The van der Waals surface area contributed by atoms with Crippen molar-refractivity contribution in [3.63, 3.8) is 0 Å². The van der Waals surface area contributed by atoms with Crippen molar-refractivity contribution in [2.75, 3.05) is 0 Å². The number of H-pyrrole nitrogens is 1. The van der Waals surface area contributed by atoms with Crippen molar-refractivity contribution in [3.05, 3.63) is 23.9 Å². The van der Waals surface area contributed by atoms with Gasteiger partial charge in [0, 0.05) is 16.5 Å². The number of hydrogen-bond donors (Lipinski definition) is 2. The zero-order valence-electron chi connectivity index (χ0n) is 8.63. The molecule has 1 heterocycles. The number of hydrogen-bond acceptors (Lipinski definition) is 2. The SMILES string of the molecule is CC(C)(C)c1[nH]nc2c(O)cccc12. The number of nitrogens with one attached hydrogen (secondary N) is 1. The number of phenols is 1. The van der Waals surface area contributed by atoms with Crippen LogP contribution in [0, 0.1) is 0 Å². The molecule has 0 spiro atoms. The quantitative estimate of drug-likeness (QED) is 0.670. The van der Waals surface area contributed by atoms with Gasteiger partial charge in [0.15, 0.2) is 0 Å². The third kappa shape index (κ3) is 1.25. The lowest BCUT2D eigenvalue weighted by molar-refractivity contribution is 0.480. The average Bonchev–Trinajstić information content (AvgIpc) is 2.47. The summed E-state index contributed by atoms with van der Waals surface area (Å²) in [5, 5.41) is 17.7. The fourth-order valence-electron chi connectivity index (χ4n) is 1.59. The summed E-state index contributed by atoms with van der Waals surface area (Å²) in [6.07, 6.45) is 0. The number of aromatic nitrogens is 2. The van der Waals surface area contributed by atoms with Crippen LogP contribution in [0.3, 0.4) is 0 Å². The predicted octanol–water partition coefficient (Wildman–Crippen LogP) is 2.57. The van der Waals surface area contributed by atoms with Crippen molar-refractivity contribution in [1.29, 1.82) is 0 Å². The molecule has 0 aliphatic carbocycles. The van der Waals surface area contributed by atoms with Gasteiger partial charge in [-0.3, -0.25) is 5.10 Å². The summed E-state index contributed by atoms with van der Waals surface area (Å²) in [4.78, 5) is 0. The van der Waals surface area contributed by atoms with E-state index in [4.69, 9.17) is 0 Å². The molecule has 2 aromatic rings. The highest BCUT2D eigenvalue weighted by atomic mass is 16.3. The molecule has 0 saturated carbocycles. The van der Waals surface area contributed by atoms with Gasteiger partial charge in [0.1, 0.15) is 11.3 Å². The van der Waals surface area contributed by atoms with Gasteiger partial charge in [-0.2, -0.15) is 5.10 Å². The Hall–Kier alpha value is -1.51. The molecule has 0 fully saturated rings. The third-order valence-electron chi connectivity index (χ3n) is 2.31. The van der Waals surface area contributed by atoms with Crippen molar-refractivity contribution in [2.45, 2.75) is 26.2 Å². The number of aromatic hydroxyl groups is 1. The minimum Gasteiger partial charge on any atom is -0.506 e. The molecule has 0 radical (unpaired) electrons. The Kier molecular flexibility index (Phi) is 1.77. The highest BCUT2D eigenvalue weighted by Crippen LogP contribution is 2.31. The molecule has 0 aliphatic rings. The molecular weight excluding hydrogens is 176 g/mol. The summed E-state index contributed by atoms with van der Waals surface area (Å²) in [6, 6.07) is 5.46. The Morgan fingerprint density at radius 3 is 2.64 bits per heavy atom. The van der Waals surface area contributed by atoms with Gasteiger partial charge in [-0.1, -0.05) is 32.9 Å². The normalized spacial score (nSPS) is 12.2. The number of fused-ring (bicyclic) bond motifs is 1. The molecule has 0 unspecified atom stereocenters. The van der Waals surface area contributed by atoms with Crippen LogP contribution in [0.4, 0.5) is 0 Å². The van der Waals surface area contributed by atoms with Gasteiger partial charge in [0.05, 0.1) is 0 Å². The van der Waals surface area contributed by atoms with E-state index in [1.165, 1.54) is 0 Å². The first-order valence-corrected chi connectivity index (χ1v) is 4.66. The molecule has 3 heteroatoms. The minimum atomic E-state index is 0.0164. The van der Waals surface area contributed by atoms with E-state index in [0.29, 0.717) is 5.52 Å². The van der Waals surface area contributed by atoms with Crippen LogP contribution in [0.25, 0.3) is 10.9 Å². The van der Waals surface area contributed by atoms with Gasteiger partial charge >= 0.3 is 0 Å². The van der Waals surface area contributed by atoms with Crippen LogP contribution in [0.15, 0.2) is 18.2 Å². The zero-order valence-corrected chi connectivity index (χ0v) is 8.63. The molecule has 0 atom stereocenters. The first-order valence-electron chi connectivity index (χ1n) is 4.66. The van der Waals surface area contributed by atoms with Crippen LogP contribution in [0.5, 0.6) is 5.75 Å². The van der Waals surface area contributed by atoms with Gasteiger partial charge < -0.3 is 5.11 Å². The van der Waals surface area contributed by atoms with Crippen molar-refractivity contribution in [2.24, 2.45) is 0 Å². The Labute approximate surface area is 82.8 Å². The molecule has 2 N–H and O–H groups in total. The third-order valence-corrected chi connectivity index (χ3v) is 2.31. The van der Waals surface area contributed by atoms with Crippen LogP contribution >= 0.6 is 0 Å². The van der Waals surface area contributed by atoms with Gasteiger partial charge in [-0.25, -0.2) is 0 Å². The summed E-state index contributed by atoms with van der Waals surface area (Å²) in [7, 11) is 0. The van der Waals surface area contributed by atoms with Gasteiger partial charge in [0.2, 0.25) is 0 Å². The molecule has 14 heavy (non-hydrogen) atoms. The van der Waals surface area contributed by atoms with E-state index in [9.17, 15) is 5.11 Å². The molecule has 74 valence electrons. The van der Waals surface area contributed by atoms with E-state index in [2.05, 4.69) is 31.0 Å². The largest absolute Gasteiger partial charge is 0.506 e. The second-order valence-electron chi connectivity index (χ2n) is 4.52. The first-order chi connectivity index (χ1) is 6.50. The van der Waals surface area contributed by atoms with Gasteiger partial charge in [0.25, 0.3) is 0 Å². The van der Waals surface area contributed by atoms with E-state index in [-0.39, 0.29) is 11.2 Å². The molecule has 2 rings (SSSR count). The first kappa shape index (κ1) is 9.06. The number of aromatic amines is 1. The molecular formula is C11H14N2O. The predicted molar refractivity (Wildman–Crippen MR) is 56.5 cm³/mol. The van der Waals surface area contributed by atoms with Crippen LogP contribution in [0.1, 0.15) is 26.5 Å². The fourth-order valence-corrected chi connectivity index (χ4v) is 1.59. The van der Waals surface area contributed by atoms with Crippen LogP contribution in [-0.4, -0.2) is 15.3 Å². The number of para-hydroxylation sites is 1. The van der Waals surface area contributed by atoms with E-state index in [1.54, 1.807) is 6.07 Å². The Morgan fingerprint density at radius 2 is 2.00 bits per heavy atom. The van der Waals surface area contributed by atoms with Crippen molar-refractivity contribution in [1.82, 2.24) is 10.2 Å². The lowest BCUT2D eigenvalue weighted by Gasteiger charge is -2.16. The van der Waals surface area contributed by atoms with Crippen LogP contribution in [-0.2, 0) is 5.41 Å². The van der Waals surface area contributed by atoms with Crippen molar-refractivity contribution < 1.29 is 5.11 Å². The van der Waals surface area contributed by atoms with E-state index < -0.39 is 0 Å². The maximum absolute atomic E-state index is 9.57. The summed E-state index contributed by atoms with van der Waals surface area (Å²) in [5.41, 5.74) is 1.73. The monoisotopic (exact) mass is 190 g/mol. The Morgan fingerprint density at radius 1 is 1.29 bits per heavy atom. The Bertz CT molecular complexity index is 466. The molecule has 1 aromatic carbocycles. The maximum Gasteiger partial charge on any atom is 0.143 e. The number of benzene rings is 1. The molecule has 0 amide bonds. The fraction of sp³-hybridized carbons (Fsp3) is 0.364. The lowest BCUT2D eigenvalue weighted by Crippen LogP contribution is -2.11.